The first-order valence-electron chi connectivity index (χ1n) is 9.61. The van der Waals surface area contributed by atoms with Gasteiger partial charge in [-0.15, -0.1) is 0 Å². The molecule has 27 heavy (non-hydrogen) atoms. The van der Waals surface area contributed by atoms with Crippen molar-refractivity contribution < 1.29 is 19.1 Å². The Labute approximate surface area is 162 Å². The molecule has 0 spiro atoms. The van der Waals surface area contributed by atoms with Gasteiger partial charge in [0, 0.05) is 25.6 Å². The Balaban J connectivity index is 2.07. The van der Waals surface area contributed by atoms with Crippen molar-refractivity contribution in [3.8, 4) is 11.5 Å². The molecule has 0 aliphatic carbocycles. The van der Waals surface area contributed by atoms with Gasteiger partial charge in [0.2, 0.25) is 11.8 Å². The molecule has 150 valence electrons. The lowest BCUT2D eigenvalue weighted by molar-refractivity contribution is -0.140. The second-order valence-electron chi connectivity index (χ2n) is 7.69. The molecule has 1 aromatic carbocycles. The molecule has 0 radical (unpaired) electrons. The van der Waals surface area contributed by atoms with E-state index in [9.17, 15) is 9.59 Å². The maximum atomic E-state index is 12.8. The zero-order chi connectivity index (χ0) is 20.0. The van der Waals surface area contributed by atoms with Gasteiger partial charge in [-0.25, -0.2) is 0 Å². The summed E-state index contributed by atoms with van der Waals surface area (Å²) in [6.07, 6.45) is 2.51. The molecule has 1 aromatic rings. The fraction of sp³-hybridized carbons (Fsp3) is 0.619. The van der Waals surface area contributed by atoms with Crippen LogP contribution in [0.2, 0.25) is 0 Å². The van der Waals surface area contributed by atoms with E-state index in [0.29, 0.717) is 38.3 Å². The van der Waals surface area contributed by atoms with Gasteiger partial charge >= 0.3 is 0 Å². The number of nitrogens with zero attached hydrogens (tertiary/aromatic N) is 1. The summed E-state index contributed by atoms with van der Waals surface area (Å²) in [5.74, 6) is 1.95. The molecule has 0 bridgehead atoms. The van der Waals surface area contributed by atoms with Crippen LogP contribution in [-0.2, 0) is 16.0 Å². The van der Waals surface area contributed by atoms with Crippen LogP contribution in [0.4, 0.5) is 0 Å². The number of nitrogens with one attached hydrogen (secondary N) is 1. The molecule has 1 N–H and O–H groups in total. The summed E-state index contributed by atoms with van der Waals surface area (Å²) in [5, 5.41) is 3.01. The van der Waals surface area contributed by atoms with Crippen molar-refractivity contribution >= 4 is 11.8 Å². The highest BCUT2D eigenvalue weighted by Crippen LogP contribution is 2.32. The van der Waals surface area contributed by atoms with Crippen LogP contribution >= 0.6 is 0 Å². The van der Waals surface area contributed by atoms with E-state index in [1.807, 2.05) is 25.1 Å². The highest BCUT2D eigenvalue weighted by atomic mass is 16.5. The van der Waals surface area contributed by atoms with Crippen molar-refractivity contribution in [1.29, 1.82) is 0 Å². The highest BCUT2D eigenvalue weighted by molar-refractivity contribution is 5.94. The second kappa shape index (κ2) is 9.11. The number of amides is 2. The van der Waals surface area contributed by atoms with Gasteiger partial charge in [-0.2, -0.15) is 0 Å². The average molecular weight is 376 g/mol. The predicted molar refractivity (Wildman–Crippen MR) is 105 cm³/mol. The Morgan fingerprint density at radius 2 is 2.04 bits per heavy atom. The molecule has 1 atom stereocenters. The van der Waals surface area contributed by atoms with Crippen molar-refractivity contribution in [2.75, 3.05) is 27.3 Å². The molecule has 2 amide bonds. The Hall–Kier alpha value is -2.24. The number of hydrogen-bond donors (Lipinski definition) is 1. The first-order valence-corrected chi connectivity index (χ1v) is 9.61. The van der Waals surface area contributed by atoms with Gasteiger partial charge in [0.05, 0.1) is 14.2 Å². The number of hydrogen-bond acceptors (Lipinski definition) is 4. The topological polar surface area (TPSA) is 67.9 Å². The summed E-state index contributed by atoms with van der Waals surface area (Å²) in [7, 11) is 3.23. The van der Waals surface area contributed by atoms with Crippen LogP contribution in [0.25, 0.3) is 0 Å². The fourth-order valence-electron chi connectivity index (χ4n) is 3.46. The molecule has 1 fully saturated rings. The van der Waals surface area contributed by atoms with Crippen LogP contribution in [-0.4, -0.2) is 49.6 Å². The SMILES string of the molecule is COc1ccc(CCN2C(=O)CCC2(C)C(=O)NCCC(C)C)c(OC)c1. The highest BCUT2D eigenvalue weighted by Gasteiger charge is 2.46. The molecular weight excluding hydrogens is 344 g/mol. The quantitative estimate of drug-likeness (QED) is 0.720. The Kier molecular flexibility index (Phi) is 7.11. The molecule has 6 heteroatoms. The van der Waals surface area contributed by atoms with Crippen LogP contribution in [0.5, 0.6) is 11.5 Å². The first kappa shape index (κ1) is 21.1. The van der Waals surface area contributed by atoms with E-state index in [0.717, 1.165) is 23.5 Å². The van der Waals surface area contributed by atoms with Gasteiger partial charge in [0.15, 0.2) is 0 Å². The van der Waals surface area contributed by atoms with E-state index in [1.165, 1.54) is 0 Å². The number of carbonyl (C=O) groups is 2. The average Bonchev–Trinajstić information content (AvgIpc) is 2.94. The number of benzene rings is 1. The largest absolute Gasteiger partial charge is 0.497 e. The van der Waals surface area contributed by atoms with E-state index in [-0.39, 0.29) is 11.8 Å². The first-order chi connectivity index (χ1) is 12.8. The van der Waals surface area contributed by atoms with Crippen molar-refractivity contribution in [2.45, 2.75) is 52.0 Å². The Morgan fingerprint density at radius 3 is 2.67 bits per heavy atom. The molecule has 1 aliphatic heterocycles. The maximum absolute atomic E-state index is 12.8. The third kappa shape index (κ3) is 4.93. The molecule has 1 saturated heterocycles. The van der Waals surface area contributed by atoms with Gasteiger partial charge in [0.25, 0.3) is 0 Å². The number of likely N-dealkylation sites (tertiary alicyclic amines) is 1. The maximum Gasteiger partial charge on any atom is 0.245 e. The molecule has 6 nitrogen and oxygen atoms in total. The zero-order valence-corrected chi connectivity index (χ0v) is 17.1. The van der Waals surface area contributed by atoms with Crippen molar-refractivity contribution in [1.82, 2.24) is 10.2 Å². The zero-order valence-electron chi connectivity index (χ0n) is 17.1. The molecule has 0 aromatic heterocycles. The molecule has 2 rings (SSSR count). The van der Waals surface area contributed by atoms with Gasteiger partial charge in [-0.1, -0.05) is 19.9 Å². The summed E-state index contributed by atoms with van der Waals surface area (Å²) in [5.41, 5.74) is 0.203. The molecule has 1 aliphatic rings. The van der Waals surface area contributed by atoms with Crippen LogP contribution in [0.3, 0.4) is 0 Å². The molecular formula is C21H32N2O4. The van der Waals surface area contributed by atoms with E-state index >= 15 is 0 Å². The Morgan fingerprint density at radius 1 is 1.30 bits per heavy atom. The summed E-state index contributed by atoms with van der Waals surface area (Å²) in [4.78, 5) is 26.9. The van der Waals surface area contributed by atoms with Crippen LogP contribution in [0.1, 0.15) is 45.6 Å². The fourth-order valence-corrected chi connectivity index (χ4v) is 3.46. The third-order valence-electron chi connectivity index (χ3n) is 5.32. The minimum absolute atomic E-state index is 0.0315. The lowest BCUT2D eigenvalue weighted by Gasteiger charge is -2.34. The lowest BCUT2D eigenvalue weighted by atomic mass is 9.96. The number of carbonyl (C=O) groups excluding carboxylic acids is 2. The minimum Gasteiger partial charge on any atom is -0.497 e. The summed E-state index contributed by atoms with van der Waals surface area (Å²) in [6, 6.07) is 5.65. The van der Waals surface area contributed by atoms with Crippen molar-refractivity contribution in [3.05, 3.63) is 23.8 Å². The van der Waals surface area contributed by atoms with E-state index in [2.05, 4.69) is 19.2 Å². The lowest BCUT2D eigenvalue weighted by Crippen LogP contribution is -2.55. The molecule has 0 saturated carbocycles. The van der Waals surface area contributed by atoms with Gasteiger partial charge in [0.1, 0.15) is 17.0 Å². The summed E-state index contributed by atoms with van der Waals surface area (Å²) in [6.45, 7) is 7.24. The monoisotopic (exact) mass is 376 g/mol. The smallest absolute Gasteiger partial charge is 0.245 e. The third-order valence-corrected chi connectivity index (χ3v) is 5.32. The van der Waals surface area contributed by atoms with Crippen LogP contribution < -0.4 is 14.8 Å². The van der Waals surface area contributed by atoms with Crippen molar-refractivity contribution in [2.24, 2.45) is 5.92 Å². The molecule has 1 heterocycles. The predicted octanol–water partition coefficient (Wildman–Crippen LogP) is 2.79. The van der Waals surface area contributed by atoms with Gasteiger partial charge in [-0.05, 0) is 43.7 Å². The molecule has 1 unspecified atom stereocenters. The summed E-state index contributed by atoms with van der Waals surface area (Å²) < 4.78 is 10.7. The second-order valence-corrected chi connectivity index (χ2v) is 7.69. The van der Waals surface area contributed by atoms with E-state index in [1.54, 1.807) is 19.1 Å². The minimum atomic E-state index is -0.784. The number of methoxy groups -OCH3 is 2. The van der Waals surface area contributed by atoms with E-state index < -0.39 is 5.54 Å². The normalized spacial score (nSPS) is 19.5. The van der Waals surface area contributed by atoms with E-state index in [4.69, 9.17) is 9.47 Å². The number of ether oxygens (including phenoxy) is 2. The van der Waals surface area contributed by atoms with Crippen LogP contribution in [0, 0.1) is 5.92 Å². The number of rotatable bonds is 9. The van der Waals surface area contributed by atoms with Gasteiger partial charge < -0.3 is 19.7 Å². The van der Waals surface area contributed by atoms with Gasteiger partial charge in [-0.3, -0.25) is 9.59 Å². The van der Waals surface area contributed by atoms with Crippen molar-refractivity contribution in [3.63, 3.8) is 0 Å². The van der Waals surface area contributed by atoms with Crippen LogP contribution in [0.15, 0.2) is 18.2 Å². The standard InChI is InChI=1S/C21H32N2O4/c1-15(2)9-12-22-20(25)21(3)11-8-19(24)23(21)13-10-16-6-7-17(26-4)14-18(16)27-5/h6-7,14-15H,8-13H2,1-5H3,(H,22,25). The Bertz CT molecular complexity index is 674. The summed E-state index contributed by atoms with van der Waals surface area (Å²) >= 11 is 0.